The molecule has 3 heteroatoms. The summed E-state index contributed by atoms with van der Waals surface area (Å²) in [7, 11) is 6.02. The van der Waals surface area contributed by atoms with Crippen LogP contribution in [0.2, 0.25) is 0 Å². The van der Waals surface area contributed by atoms with Crippen LogP contribution in [-0.4, -0.2) is 49.4 Å². The van der Waals surface area contributed by atoms with Crippen LogP contribution in [0.5, 0.6) is 0 Å². The lowest BCUT2D eigenvalue weighted by atomic mass is 10.1. The van der Waals surface area contributed by atoms with Gasteiger partial charge in [-0.1, -0.05) is 6.92 Å². The minimum absolute atomic E-state index is 0.147. The third-order valence-electron chi connectivity index (χ3n) is 2.54. The molecule has 0 heterocycles. The summed E-state index contributed by atoms with van der Waals surface area (Å²) in [6, 6.07) is 0.585. The third-order valence-corrected chi connectivity index (χ3v) is 2.54. The molecule has 0 saturated heterocycles. The average molecular weight is 186 g/mol. The highest BCUT2D eigenvalue weighted by Gasteiger charge is 2.10. The summed E-state index contributed by atoms with van der Waals surface area (Å²) in [5, 5.41) is 0. The highest BCUT2D eigenvalue weighted by atomic mass is 16.2. The normalized spacial score (nSPS) is 13.1. The maximum absolute atomic E-state index is 10.9. The van der Waals surface area contributed by atoms with Crippen LogP contribution in [0, 0.1) is 0 Å². The van der Waals surface area contributed by atoms with Crippen LogP contribution in [0.25, 0.3) is 0 Å². The number of amides is 1. The summed E-state index contributed by atoms with van der Waals surface area (Å²) in [6.45, 7) is 4.64. The van der Waals surface area contributed by atoms with E-state index < -0.39 is 0 Å². The first-order valence-corrected chi connectivity index (χ1v) is 4.87. The minimum Gasteiger partial charge on any atom is -0.346 e. The van der Waals surface area contributed by atoms with E-state index in [1.807, 2.05) is 7.05 Å². The second-order valence-electron chi connectivity index (χ2n) is 3.75. The predicted octanol–water partition coefficient (Wildman–Crippen LogP) is 1.20. The zero-order valence-electron chi connectivity index (χ0n) is 9.50. The molecule has 1 unspecified atom stereocenters. The number of carbonyl (C=O) groups excluding carboxylic acids is 1. The van der Waals surface area contributed by atoms with E-state index in [0.29, 0.717) is 6.04 Å². The van der Waals surface area contributed by atoms with Crippen molar-refractivity contribution in [3.63, 3.8) is 0 Å². The van der Waals surface area contributed by atoms with Crippen molar-refractivity contribution in [1.82, 2.24) is 9.80 Å². The third kappa shape index (κ3) is 4.88. The van der Waals surface area contributed by atoms with Gasteiger partial charge in [-0.25, -0.2) is 0 Å². The van der Waals surface area contributed by atoms with Crippen LogP contribution in [-0.2, 0) is 4.79 Å². The topological polar surface area (TPSA) is 23.6 Å². The van der Waals surface area contributed by atoms with Crippen LogP contribution in [0.1, 0.15) is 26.7 Å². The zero-order chi connectivity index (χ0) is 10.4. The highest BCUT2D eigenvalue weighted by molar-refractivity contribution is 5.72. The van der Waals surface area contributed by atoms with E-state index in [1.165, 1.54) is 0 Å². The number of hydrogen-bond acceptors (Lipinski definition) is 2. The van der Waals surface area contributed by atoms with Crippen LogP contribution in [0.15, 0.2) is 0 Å². The molecule has 13 heavy (non-hydrogen) atoms. The van der Waals surface area contributed by atoms with Crippen molar-refractivity contribution in [2.45, 2.75) is 32.7 Å². The molecule has 0 aliphatic heterocycles. The number of rotatable bonds is 5. The van der Waals surface area contributed by atoms with E-state index in [4.69, 9.17) is 0 Å². The Kier molecular flexibility index (Phi) is 5.71. The van der Waals surface area contributed by atoms with E-state index in [-0.39, 0.29) is 5.91 Å². The summed E-state index contributed by atoms with van der Waals surface area (Å²) in [4.78, 5) is 14.9. The van der Waals surface area contributed by atoms with Crippen molar-refractivity contribution in [1.29, 1.82) is 0 Å². The van der Waals surface area contributed by atoms with Gasteiger partial charge in [0.25, 0.3) is 0 Å². The lowest BCUT2D eigenvalue weighted by molar-refractivity contribution is -0.127. The molecule has 1 amide bonds. The van der Waals surface area contributed by atoms with E-state index >= 15 is 0 Å². The molecule has 78 valence electrons. The first kappa shape index (κ1) is 12.4. The first-order chi connectivity index (χ1) is 5.99. The van der Waals surface area contributed by atoms with Gasteiger partial charge >= 0.3 is 0 Å². The van der Waals surface area contributed by atoms with Gasteiger partial charge in [0.05, 0.1) is 0 Å². The molecular weight excluding hydrogens is 164 g/mol. The lowest BCUT2D eigenvalue weighted by Gasteiger charge is -2.25. The Balaban J connectivity index is 3.78. The standard InChI is InChI=1S/C10H22N2O/c1-6-10(11(3)4)7-8-12(5)9(2)13/h10H,6-8H2,1-5H3. The van der Waals surface area contributed by atoms with E-state index in [9.17, 15) is 4.79 Å². The van der Waals surface area contributed by atoms with Crippen LogP contribution >= 0.6 is 0 Å². The molecule has 0 spiro atoms. The molecule has 0 aromatic carbocycles. The summed E-state index contributed by atoms with van der Waals surface area (Å²) < 4.78 is 0. The van der Waals surface area contributed by atoms with E-state index in [2.05, 4.69) is 25.9 Å². The Morgan fingerprint density at radius 1 is 1.31 bits per heavy atom. The minimum atomic E-state index is 0.147. The van der Waals surface area contributed by atoms with Crippen molar-refractivity contribution < 1.29 is 4.79 Å². The van der Waals surface area contributed by atoms with Gasteiger partial charge in [0.15, 0.2) is 0 Å². The molecule has 0 fully saturated rings. The first-order valence-electron chi connectivity index (χ1n) is 4.87. The fourth-order valence-electron chi connectivity index (χ4n) is 1.33. The molecule has 0 aliphatic rings. The molecule has 0 rings (SSSR count). The van der Waals surface area contributed by atoms with Gasteiger partial charge in [-0.15, -0.1) is 0 Å². The maximum Gasteiger partial charge on any atom is 0.219 e. The monoisotopic (exact) mass is 186 g/mol. The summed E-state index contributed by atoms with van der Waals surface area (Å²) in [5.74, 6) is 0.147. The smallest absolute Gasteiger partial charge is 0.219 e. The molecule has 0 radical (unpaired) electrons. The average Bonchev–Trinajstić information content (AvgIpc) is 2.04. The Labute approximate surface area is 81.7 Å². The van der Waals surface area contributed by atoms with Gasteiger partial charge < -0.3 is 9.80 Å². The van der Waals surface area contributed by atoms with Crippen molar-refractivity contribution in [3.05, 3.63) is 0 Å². The molecule has 0 N–H and O–H groups in total. The van der Waals surface area contributed by atoms with Gasteiger partial charge in [-0.2, -0.15) is 0 Å². The number of carbonyl (C=O) groups is 1. The Morgan fingerprint density at radius 2 is 1.85 bits per heavy atom. The number of hydrogen-bond donors (Lipinski definition) is 0. The summed E-state index contributed by atoms with van der Waals surface area (Å²) in [6.07, 6.45) is 2.19. The molecule has 3 nitrogen and oxygen atoms in total. The van der Waals surface area contributed by atoms with Gasteiger partial charge in [0.1, 0.15) is 0 Å². The predicted molar refractivity (Wildman–Crippen MR) is 55.7 cm³/mol. The Morgan fingerprint density at radius 3 is 2.15 bits per heavy atom. The second-order valence-corrected chi connectivity index (χ2v) is 3.75. The molecule has 0 saturated carbocycles. The fourth-order valence-corrected chi connectivity index (χ4v) is 1.33. The largest absolute Gasteiger partial charge is 0.346 e. The lowest BCUT2D eigenvalue weighted by Crippen LogP contribution is -2.33. The summed E-state index contributed by atoms with van der Waals surface area (Å²) >= 11 is 0. The second kappa shape index (κ2) is 5.97. The van der Waals surface area contributed by atoms with Gasteiger partial charge in [0.2, 0.25) is 5.91 Å². The number of nitrogens with zero attached hydrogens (tertiary/aromatic N) is 2. The van der Waals surface area contributed by atoms with Gasteiger partial charge in [-0.3, -0.25) is 4.79 Å². The molecule has 0 aromatic rings. The maximum atomic E-state index is 10.9. The van der Waals surface area contributed by atoms with Crippen molar-refractivity contribution in [2.75, 3.05) is 27.7 Å². The molecule has 1 atom stereocenters. The van der Waals surface area contributed by atoms with Crippen molar-refractivity contribution >= 4 is 5.91 Å². The molecule has 0 aliphatic carbocycles. The van der Waals surface area contributed by atoms with Gasteiger partial charge in [-0.05, 0) is 26.9 Å². The molecular formula is C10H22N2O. The van der Waals surface area contributed by atoms with Crippen LogP contribution in [0.3, 0.4) is 0 Å². The van der Waals surface area contributed by atoms with E-state index in [1.54, 1.807) is 11.8 Å². The van der Waals surface area contributed by atoms with E-state index in [0.717, 1.165) is 19.4 Å². The van der Waals surface area contributed by atoms with Gasteiger partial charge in [0, 0.05) is 26.6 Å². The fraction of sp³-hybridized carbons (Fsp3) is 0.900. The molecule has 0 bridgehead atoms. The Hall–Kier alpha value is -0.570. The van der Waals surface area contributed by atoms with Crippen LogP contribution < -0.4 is 0 Å². The summed E-state index contributed by atoms with van der Waals surface area (Å²) in [5.41, 5.74) is 0. The Bertz CT molecular complexity index is 157. The van der Waals surface area contributed by atoms with Crippen LogP contribution in [0.4, 0.5) is 0 Å². The van der Waals surface area contributed by atoms with Crippen molar-refractivity contribution in [2.24, 2.45) is 0 Å². The highest BCUT2D eigenvalue weighted by Crippen LogP contribution is 2.04. The molecule has 0 aromatic heterocycles. The zero-order valence-corrected chi connectivity index (χ0v) is 9.50. The quantitative estimate of drug-likeness (QED) is 0.644. The SMILES string of the molecule is CCC(CCN(C)C(C)=O)N(C)C. The van der Waals surface area contributed by atoms with Crippen molar-refractivity contribution in [3.8, 4) is 0 Å².